The van der Waals surface area contributed by atoms with Gasteiger partial charge in [0.1, 0.15) is 5.75 Å². The molecule has 136 valence electrons. The lowest BCUT2D eigenvalue weighted by molar-refractivity contribution is -0.155. The monoisotopic (exact) mass is 348 g/mol. The summed E-state index contributed by atoms with van der Waals surface area (Å²) in [5.41, 5.74) is 2.99. The molecule has 2 rings (SSSR count). The van der Waals surface area contributed by atoms with Crippen molar-refractivity contribution in [2.45, 2.75) is 33.6 Å². The van der Waals surface area contributed by atoms with Crippen molar-refractivity contribution in [1.29, 1.82) is 0 Å². The first-order valence-electron chi connectivity index (χ1n) is 8.18. The number of hydrazine groups is 1. The van der Waals surface area contributed by atoms with Crippen molar-refractivity contribution < 1.29 is 24.2 Å². The average molecular weight is 348 g/mol. The minimum atomic E-state index is -0.977. The van der Waals surface area contributed by atoms with Crippen LogP contribution in [0.1, 0.15) is 33.6 Å². The molecule has 0 bridgehead atoms. The third-order valence-corrected chi connectivity index (χ3v) is 5.45. The van der Waals surface area contributed by atoms with Gasteiger partial charge in [-0.1, -0.05) is 32.0 Å². The van der Waals surface area contributed by atoms with Crippen LogP contribution >= 0.6 is 0 Å². The van der Waals surface area contributed by atoms with Gasteiger partial charge in [0, 0.05) is 5.92 Å². The Balaban J connectivity index is 1.86. The Hall–Kier alpha value is -2.57. The van der Waals surface area contributed by atoms with E-state index in [-0.39, 0.29) is 12.5 Å². The molecule has 0 aliphatic heterocycles. The Morgan fingerprint density at radius 2 is 1.80 bits per heavy atom. The Labute approximate surface area is 146 Å². The van der Waals surface area contributed by atoms with Crippen molar-refractivity contribution in [1.82, 2.24) is 10.9 Å². The quantitative estimate of drug-likeness (QED) is 0.703. The number of benzene rings is 1. The number of carboxylic acids is 1. The van der Waals surface area contributed by atoms with Crippen molar-refractivity contribution in [2.75, 3.05) is 6.61 Å². The van der Waals surface area contributed by atoms with E-state index in [9.17, 15) is 19.5 Å². The molecule has 3 N–H and O–H groups in total. The first kappa shape index (κ1) is 18.8. The molecule has 25 heavy (non-hydrogen) atoms. The van der Waals surface area contributed by atoms with Crippen LogP contribution in [0.2, 0.25) is 0 Å². The van der Waals surface area contributed by atoms with Crippen LogP contribution in [0.4, 0.5) is 0 Å². The zero-order valence-electron chi connectivity index (χ0n) is 14.7. The maximum absolute atomic E-state index is 12.4. The van der Waals surface area contributed by atoms with Crippen LogP contribution in [0.3, 0.4) is 0 Å². The molecule has 1 saturated carbocycles. The van der Waals surface area contributed by atoms with Crippen molar-refractivity contribution in [3.05, 3.63) is 30.3 Å². The van der Waals surface area contributed by atoms with Gasteiger partial charge in [0.25, 0.3) is 5.91 Å². The largest absolute Gasteiger partial charge is 0.484 e. The Bertz CT molecular complexity index is 659. The van der Waals surface area contributed by atoms with E-state index in [0.29, 0.717) is 18.6 Å². The number of aliphatic carboxylic acids is 1. The summed E-state index contributed by atoms with van der Waals surface area (Å²) in [5, 5.41) is 9.49. The van der Waals surface area contributed by atoms with Gasteiger partial charge in [-0.05, 0) is 37.3 Å². The molecular formula is C18H24N2O5. The minimum absolute atomic E-state index is 0.231. The molecule has 0 heterocycles. The normalized spacial score (nSPS) is 24.4. The third-order valence-electron chi connectivity index (χ3n) is 5.45. The molecular weight excluding hydrogens is 324 g/mol. The molecule has 0 spiro atoms. The smallest absolute Gasteiger partial charge is 0.309 e. The highest BCUT2D eigenvalue weighted by Gasteiger charge is 2.58. The van der Waals surface area contributed by atoms with Gasteiger partial charge in [0.15, 0.2) is 6.61 Å². The van der Waals surface area contributed by atoms with Crippen molar-refractivity contribution in [3.8, 4) is 5.75 Å². The number of nitrogens with one attached hydrogen (secondary N) is 2. The highest BCUT2D eigenvalue weighted by molar-refractivity contribution is 5.86. The molecule has 7 heteroatoms. The lowest BCUT2D eigenvalue weighted by atomic mass is 9.65. The third kappa shape index (κ3) is 3.75. The van der Waals surface area contributed by atoms with Gasteiger partial charge >= 0.3 is 5.97 Å². The summed E-state index contributed by atoms with van der Waals surface area (Å²) in [5.74, 6) is -1.73. The molecule has 2 atom stereocenters. The number of amides is 2. The number of carbonyl (C=O) groups excluding carboxylic acids is 2. The Morgan fingerprint density at radius 3 is 2.36 bits per heavy atom. The fourth-order valence-corrected chi connectivity index (χ4v) is 3.26. The van der Waals surface area contributed by atoms with Gasteiger partial charge in [0.2, 0.25) is 5.91 Å². The first-order chi connectivity index (χ1) is 11.7. The van der Waals surface area contributed by atoms with Crippen LogP contribution in [0.5, 0.6) is 5.75 Å². The molecule has 0 aromatic heterocycles. The molecule has 2 amide bonds. The van der Waals surface area contributed by atoms with Gasteiger partial charge < -0.3 is 9.84 Å². The first-order valence-corrected chi connectivity index (χ1v) is 8.18. The molecule has 1 aromatic rings. The lowest BCUT2D eigenvalue weighted by Crippen LogP contribution is -2.50. The maximum Gasteiger partial charge on any atom is 0.309 e. The summed E-state index contributed by atoms with van der Waals surface area (Å²) in [7, 11) is 0. The molecule has 7 nitrogen and oxygen atoms in total. The number of hydrogen-bond acceptors (Lipinski definition) is 4. The maximum atomic E-state index is 12.4. The summed E-state index contributed by atoms with van der Waals surface area (Å²) in [6.07, 6.45) is 0.872. The zero-order valence-corrected chi connectivity index (χ0v) is 14.7. The highest BCUT2D eigenvalue weighted by atomic mass is 16.5. The summed E-state index contributed by atoms with van der Waals surface area (Å²) < 4.78 is 5.29. The van der Waals surface area contributed by atoms with E-state index in [0.717, 1.165) is 0 Å². The highest BCUT2D eigenvalue weighted by Crippen LogP contribution is 2.56. The van der Waals surface area contributed by atoms with Crippen LogP contribution in [0.25, 0.3) is 0 Å². The molecule has 1 aliphatic rings. The second-order valence-corrected chi connectivity index (χ2v) is 7.09. The van der Waals surface area contributed by atoms with Gasteiger partial charge in [-0.2, -0.15) is 0 Å². The predicted molar refractivity (Wildman–Crippen MR) is 90.5 cm³/mol. The fourth-order valence-electron chi connectivity index (χ4n) is 3.26. The van der Waals surface area contributed by atoms with E-state index >= 15 is 0 Å². The predicted octanol–water partition coefficient (Wildman–Crippen LogP) is 1.74. The van der Waals surface area contributed by atoms with Crippen LogP contribution in [-0.2, 0) is 14.4 Å². The summed E-state index contributed by atoms with van der Waals surface area (Å²) in [6.45, 7) is 4.98. The molecule has 1 aromatic carbocycles. The summed E-state index contributed by atoms with van der Waals surface area (Å²) in [6, 6.07) is 8.86. The van der Waals surface area contributed by atoms with Gasteiger partial charge in [-0.3, -0.25) is 25.2 Å². The van der Waals surface area contributed by atoms with Crippen LogP contribution in [-0.4, -0.2) is 29.5 Å². The van der Waals surface area contributed by atoms with Crippen LogP contribution in [0.15, 0.2) is 30.3 Å². The zero-order chi connectivity index (χ0) is 18.7. The van der Waals surface area contributed by atoms with Gasteiger partial charge in [-0.15, -0.1) is 0 Å². The standard InChI is InChI=1S/C18H24N2O5/c1-17(2)13(9-10-18(17,3)16(23)24)15(22)20-19-14(21)11-25-12-7-5-4-6-8-12/h4-8,13H,9-11H2,1-3H3,(H,19,21)(H,20,22)(H,23,24)/t13-,18-/m1/s1. The lowest BCUT2D eigenvalue weighted by Gasteiger charge is -2.37. The van der Waals surface area contributed by atoms with Crippen LogP contribution in [0, 0.1) is 16.7 Å². The molecule has 0 unspecified atom stereocenters. The van der Waals surface area contributed by atoms with E-state index in [1.165, 1.54) is 0 Å². The van der Waals surface area contributed by atoms with E-state index < -0.39 is 28.6 Å². The number of carboxylic acid groups (broad SMARTS) is 1. The van der Waals surface area contributed by atoms with Gasteiger partial charge in [0.05, 0.1) is 5.41 Å². The minimum Gasteiger partial charge on any atom is -0.484 e. The number of hydrogen-bond donors (Lipinski definition) is 3. The van der Waals surface area contributed by atoms with E-state index in [2.05, 4.69) is 10.9 Å². The molecule has 1 fully saturated rings. The van der Waals surface area contributed by atoms with Gasteiger partial charge in [-0.25, -0.2) is 0 Å². The van der Waals surface area contributed by atoms with Crippen molar-refractivity contribution in [3.63, 3.8) is 0 Å². The fraction of sp³-hybridized carbons (Fsp3) is 0.500. The Morgan fingerprint density at radius 1 is 1.16 bits per heavy atom. The molecule has 1 aliphatic carbocycles. The van der Waals surface area contributed by atoms with Crippen LogP contribution < -0.4 is 15.6 Å². The molecule has 0 saturated heterocycles. The van der Waals surface area contributed by atoms with Crippen molar-refractivity contribution >= 4 is 17.8 Å². The second-order valence-electron chi connectivity index (χ2n) is 7.09. The number of carbonyl (C=O) groups is 3. The number of ether oxygens (including phenoxy) is 1. The second kappa shape index (κ2) is 7.13. The number of rotatable bonds is 5. The SMILES string of the molecule is CC1(C)[C@@H](C(=O)NNC(=O)COc2ccccc2)CC[C@]1(C)C(=O)O. The van der Waals surface area contributed by atoms with Crippen molar-refractivity contribution in [2.24, 2.45) is 16.7 Å². The average Bonchev–Trinajstić information content (AvgIpc) is 2.82. The van der Waals surface area contributed by atoms with E-state index in [4.69, 9.17) is 4.74 Å². The summed E-state index contributed by atoms with van der Waals surface area (Å²) in [4.78, 5) is 35.8. The van der Waals surface area contributed by atoms with E-state index in [1.54, 1.807) is 45.0 Å². The Kier molecular flexibility index (Phi) is 5.35. The van der Waals surface area contributed by atoms with E-state index in [1.807, 2.05) is 6.07 Å². The topological polar surface area (TPSA) is 105 Å². The summed E-state index contributed by atoms with van der Waals surface area (Å²) >= 11 is 0. The molecule has 0 radical (unpaired) electrons. The number of para-hydroxylation sites is 1.